The van der Waals surface area contributed by atoms with Crippen molar-refractivity contribution in [1.82, 2.24) is 4.98 Å². The fourth-order valence-electron chi connectivity index (χ4n) is 2.51. The molecule has 0 radical (unpaired) electrons. The van der Waals surface area contributed by atoms with E-state index in [-0.39, 0.29) is 10.8 Å². The highest BCUT2D eigenvalue weighted by molar-refractivity contribution is 7.98. The third-order valence-electron chi connectivity index (χ3n) is 3.95. The van der Waals surface area contributed by atoms with Gasteiger partial charge in [-0.1, -0.05) is 30.3 Å². The highest BCUT2D eigenvalue weighted by atomic mass is 32.2. The molecule has 8 heteroatoms. The molecule has 6 nitrogen and oxygen atoms in total. The SMILES string of the molecule is O=C(CCSCc1ccccc1)Nc1ccc(S(=O)(=O)Nc2cccnc2)cc1. The Bertz CT molecular complexity index is 1030. The number of sulfonamides is 1. The normalized spacial score (nSPS) is 11.0. The molecule has 0 aliphatic heterocycles. The van der Waals surface area contributed by atoms with E-state index in [1.54, 1.807) is 42.2 Å². The van der Waals surface area contributed by atoms with Gasteiger partial charge in [-0.25, -0.2) is 8.42 Å². The van der Waals surface area contributed by atoms with E-state index in [9.17, 15) is 13.2 Å². The first-order valence-corrected chi connectivity index (χ1v) is 11.6. The van der Waals surface area contributed by atoms with Crippen LogP contribution >= 0.6 is 11.8 Å². The van der Waals surface area contributed by atoms with Gasteiger partial charge >= 0.3 is 0 Å². The molecule has 1 amide bonds. The summed E-state index contributed by atoms with van der Waals surface area (Å²) in [5, 5.41) is 2.79. The number of benzene rings is 2. The van der Waals surface area contributed by atoms with Crippen LogP contribution in [0, 0.1) is 0 Å². The summed E-state index contributed by atoms with van der Waals surface area (Å²) in [4.78, 5) is 16.1. The molecule has 3 rings (SSSR count). The van der Waals surface area contributed by atoms with Gasteiger partial charge in [0.05, 0.1) is 16.8 Å². The Morgan fingerprint density at radius 1 is 0.931 bits per heavy atom. The van der Waals surface area contributed by atoms with Gasteiger partial charge in [0.25, 0.3) is 10.0 Å². The second-order valence-corrected chi connectivity index (χ2v) is 9.00. The Balaban J connectivity index is 1.47. The highest BCUT2D eigenvalue weighted by Crippen LogP contribution is 2.18. The predicted molar refractivity (Wildman–Crippen MR) is 117 cm³/mol. The zero-order chi connectivity index (χ0) is 20.5. The Kier molecular flexibility index (Phi) is 7.26. The van der Waals surface area contributed by atoms with Gasteiger partial charge in [0.15, 0.2) is 0 Å². The number of hydrogen-bond donors (Lipinski definition) is 2. The summed E-state index contributed by atoms with van der Waals surface area (Å²) in [6.45, 7) is 0. The van der Waals surface area contributed by atoms with Crippen molar-refractivity contribution in [1.29, 1.82) is 0 Å². The molecular formula is C21H21N3O3S2. The van der Waals surface area contributed by atoms with Crippen LogP contribution in [0.2, 0.25) is 0 Å². The summed E-state index contributed by atoms with van der Waals surface area (Å²) >= 11 is 1.70. The minimum atomic E-state index is -3.71. The third-order valence-corrected chi connectivity index (χ3v) is 6.37. The van der Waals surface area contributed by atoms with Crippen molar-refractivity contribution in [2.45, 2.75) is 17.1 Å². The fraction of sp³-hybridized carbons (Fsp3) is 0.143. The molecule has 0 atom stereocenters. The molecule has 1 heterocycles. The predicted octanol–water partition coefficient (Wildman–Crippen LogP) is 4.14. The summed E-state index contributed by atoms with van der Waals surface area (Å²) in [6, 6.07) is 19.4. The Morgan fingerprint density at radius 2 is 1.69 bits per heavy atom. The highest BCUT2D eigenvalue weighted by Gasteiger charge is 2.14. The van der Waals surface area contributed by atoms with Crippen molar-refractivity contribution in [3.63, 3.8) is 0 Å². The van der Waals surface area contributed by atoms with E-state index in [4.69, 9.17) is 0 Å². The Hall–Kier alpha value is -2.84. The molecule has 0 saturated carbocycles. The quantitative estimate of drug-likeness (QED) is 0.501. The van der Waals surface area contributed by atoms with E-state index >= 15 is 0 Å². The van der Waals surface area contributed by atoms with Crippen molar-refractivity contribution in [2.75, 3.05) is 15.8 Å². The third kappa shape index (κ3) is 6.62. The first-order chi connectivity index (χ1) is 14.0. The second kappa shape index (κ2) is 10.1. The molecule has 0 unspecified atom stereocenters. The van der Waals surface area contributed by atoms with E-state index in [0.717, 1.165) is 5.75 Å². The maximum atomic E-state index is 12.4. The summed E-state index contributed by atoms with van der Waals surface area (Å²) in [5.41, 5.74) is 2.18. The number of amides is 1. The lowest BCUT2D eigenvalue weighted by molar-refractivity contribution is -0.115. The van der Waals surface area contributed by atoms with Crippen molar-refractivity contribution in [3.8, 4) is 0 Å². The number of carbonyl (C=O) groups excluding carboxylic acids is 1. The molecule has 0 fully saturated rings. The molecule has 0 aliphatic carbocycles. The zero-order valence-electron chi connectivity index (χ0n) is 15.6. The average Bonchev–Trinajstić information content (AvgIpc) is 2.73. The number of rotatable bonds is 9. The standard InChI is InChI=1S/C21H21N3O3S2/c25-21(12-14-28-16-17-5-2-1-3-6-17)23-18-8-10-20(11-9-18)29(26,27)24-19-7-4-13-22-15-19/h1-11,13,15,24H,12,14,16H2,(H,23,25). The van der Waals surface area contributed by atoms with Crippen LogP contribution in [0.3, 0.4) is 0 Å². The summed E-state index contributed by atoms with van der Waals surface area (Å²) in [5.74, 6) is 1.47. The number of thioether (sulfide) groups is 1. The number of carbonyl (C=O) groups is 1. The van der Waals surface area contributed by atoms with E-state index in [1.165, 1.54) is 23.9 Å². The molecule has 0 saturated heterocycles. The van der Waals surface area contributed by atoms with Gasteiger partial charge in [-0.05, 0) is 42.0 Å². The Labute approximate surface area is 174 Å². The summed E-state index contributed by atoms with van der Waals surface area (Å²) in [7, 11) is -3.71. The molecule has 2 aromatic carbocycles. The van der Waals surface area contributed by atoms with Gasteiger partial charge in [0.2, 0.25) is 5.91 Å². The molecule has 1 aromatic heterocycles. The molecule has 150 valence electrons. The second-order valence-electron chi connectivity index (χ2n) is 6.21. The molecule has 2 N–H and O–H groups in total. The number of hydrogen-bond acceptors (Lipinski definition) is 5. The van der Waals surface area contributed by atoms with E-state index in [1.807, 2.05) is 18.2 Å². The Morgan fingerprint density at radius 3 is 2.38 bits per heavy atom. The van der Waals surface area contributed by atoms with Crippen molar-refractivity contribution >= 4 is 39.1 Å². The topological polar surface area (TPSA) is 88.2 Å². The maximum Gasteiger partial charge on any atom is 0.261 e. The molecule has 29 heavy (non-hydrogen) atoms. The summed E-state index contributed by atoms with van der Waals surface area (Å²) in [6.07, 6.45) is 3.39. The number of nitrogens with one attached hydrogen (secondary N) is 2. The van der Waals surface area contributed by atoms with Gasteiger partial charge in [0.1, 0.15) is 0 Å². The van der Waals surface area contributed by atoms with E-state index in [2.05, 4.69) is 27.2 Å². The molecule has 0 aliphatic rings. The van der Waals surface area contributed by atoms with Crippen LogP contribution in [0.1, 0.15) is 12.0 Å². The van der Waals surface area contributed by atoms with Crippen LogP contribution in [0.5, 0.6) is 0 Å². The number of anilines is 2. The fourth-order valence-corrected chi connectivity index (χ4v) is 4.45. The van der Waals surface area contributed by atoms with Gasteiger partial charge < -0.3 is 5.32 Å². The van der Waals surface area contributed by atoms with Crippen molar-refractivity contribution < 1.29 is 13.2 Å². The van der Waals surface area contributed by atoms with E-state index in [0.29, 0.717) is 23.5 Å². The molecular weight excluding hydrogens is 406 g/mol. The molecule has 0 spiro atoms. The minimum Gasteiger partial charge on any atom is -0.326 e. The van der Waals surface area contributed by atoms with Crippen LogP contribution in [0.15, 0.2) is 84.0 Å². The van der Waals surface area contributed by atoms with Crippen LogP contribution in [-0.4, -0.2) is 25.1 Å². The van der Waals surface area contributed by atoms with Gasteiger partial charge in [-0.3, -0.25) is 14.5 Å². The van der Waals surface area contributed by atoms with Gasteiger partial charge in [0, 0.05) is 29.8 Å². The smallest absolute Gasteiger partial charge is 0.261 e. The van der Waals surface area contributed by atoms with E-state index < -0.39 is 10.0 Å². The van der Waals surface area contributed by atoms with Gasteiger partial charge in [-0.15, -0.1) is 0 Å². The van der Waals surface area contributed by atoms with Crippen molar-refractivity contribution in [2.24, 2.45) is 0 Å². The van der Waals surface area contributed by atoms with Crippen LogP contribution in [0.25, 0.3) is 0 Å². The molecule has 0 bridgehead atoms. The maximum absolute atomic E-state index is 12.4. The lowest BCUT2D eigenvalue weighted by atomic mass is 10.2. The van der Waals surface area contributed by atoms with Crippen molar-refractivity contribution in [3.05, 3.63) is 84.7 Å². The monoisotopic (exact) mass is 427 g/mol. The first-order valence-electron chi connectivity index (χ1n) is 8.97. The van der Waals surface area contributed by atoms with Crippen LogP contribution in [0.4, 0.5) is 11.4 Å². The average molecular weight is 428 g/mol. The summed E-state index contributed by atoms with van der Waals surface area (Å²) < 4.78 is 27.3. The van der Waals surface area contributed by atoms with Crippen LogP contribution < -0.4 is 10.0 Å². The van der Waals surface area contributed by atoms with Gasteiger partial charge in [-0.2, -0.15) is 11.8 Å². The zero-order valence-corrected chi connectivity index (χ0v) is 17.2. The first kappa shape index (κ1) is 20.9. The number of pyridine rings is 1. The van der Waals surface area contributed by atoms with Crippen LogP contribution in [-0.2, 0) is 20.6 Å². The largest absolute Gasteiger partial charge is 0.326 e. The lowest BCUT2D eigenvalue weighted by Gasteiger charge is -2.09. The number of nitrogens with zero attached hydrogens (tertiary/aromatic N) is 1. The lowest BCUT2D eigenvalue weighted by Crippen LogP contribution is -2.14. The molecule has 3 aromatic rings. The minimum absolute atomic E-state index is 0.102. The number of aromatic nitrogens is 1.